The Morgan fingerprint density at radius 3 is 1.73 bits per heavy atom. The van der Waals surface area contributed by atoms with Gasteiger partial charge in [0.25, 0.3) is 0 Å². The number of para-hydroxylation sites is 1. The summed E-state index contributed by atoms with van der Waals surface area (Å²) in [5.41, 5.74) is 6.28. The number of rotatable bonds is 4. The molecule has 0 bridgehead atoms. The van der Waals surface area contributed by atoms with E-state index in [1.54, 1.807) is 0 Å². The SMILES string of the molecule is c1ccc(-c2nc(-c3ccccc3)nc(-c3cccc(-n4c5ccccc5c5c6c(ccc54)sc4ccccc46)c3)n2)cc1. The second kappa shape index (κ2) is 9.97. The Balaban J connectivity index is 1.28. The molecule has 3 aromatic heterocycles. The van der Waals surface area contributed by atoms with Crippen LogP contribution in [0.5, 0.6) is 0 Å². The van der Waals surface area contributed by atoms with Crippen molar-refractivity contribution in [2.24, 2.45) is 0 Å². The summed E-state index contributed by atoms with van der Waals surface area (Å²) in [6.45, 7) is 0. The Hall–Kier alpha value is -5.65. The third-order valence-electron chi connectivity index (χ3n) is 8.24. The lowest BCUT2D eigenvalue weighted by Gasteiger charge is -2.11. The van der Waals surface area contributed by atoms with Crippen molar-refractivity contribution in [3.8, 4) is 39.9 Å². The molecule has 0 radical (unpaired) electrons. The van der Waals surface area contributed by atoms with Gasteiger partial charge in [0.05, 0.1) is 11.0 Å². The Labute approximate surface area is 257 Å². The molecule has 0 saturated carbocycles. The molecule has 4 nitrogen and oxygen atoms in total. The summed E-state index contributed by atoms with van der Waals surface area (Å²) in [7, 11) is 0. The number of benzene rings is 6. The van der Waals surface area contributed by atoms with E-state index < -0.39 is 0 Å². The number of hydrogen-bond donors (Lipinski definition) is 0. The van der Waals surface area contributed by atoms with Gasteiger partial charge in [0.1, 0.15) is 0 Å². The van der Waals surface area contributed by atoms with E-state index >= 15 is 0 Å². The topological polar surface area (TPSA) is 43.6 Å². The Bertz CT molecular complexity index is 2440. The van der Waals surface area contributed by atoms with Crippen LogP contribution in [0.15, 0.2) is 146 Å². The lowest BCUT2D eigenvalue weighted by molar-refractivity contribution is 1.07. The van der Waals surface area contributed by atoms with Crippen LogP contribution in [0.4, 0.5) is 0 Å². The molecular weight excluding hydrogens is 557 g/mol. The van der Waals surface area contributed by atoms with Crippen molar-refractivity contribution in [1.29, 1.82) is 0 Å². The fourth-order valence-corrected chi connectivity index (χ4v) is 7.39. The van der Waals surface area contributed by atoms with Crippen LogP contribution in [0.3, 0.4) is 0 Å². The van der Waals surface area contributed by atoms with Crippen molar-refractivity contribution in [2.75, 3.05) is 0 Å². The number of nitrogens with zero attached hydrogens (tertiary/aromatic N) is 4. The van der Waals surface area contributed by atoms with Crippen molar-refractivity contribution in [3.63, 3.8) is 0 Å². The fraction of sp³-hybridized carbons (Fsp3) is 0. The number of aromatic nitrogens is 4. The number of fused-ring (bicyclic) bond motifs is 7. The third kappa shape index (κ3) is 3.94. The molecule has 0 fully saturated rings. The predicted octanol–water partition coefficient (Wildman–Crippen LogP) is 10.3. The van der Waals surface area contributed by atoms with Gasteiger partial charge in [-0.05, 0) is 36.4 Å². The number of hydrogen-bond acceptors (Lipinski definition) is 4. The lowest BCUT2D eigenvalue weighted by atomic mass is 10.1. The summed E-state index contributed by atoms with van der Waals surface area (Å²) in [4.78, 5) is 14.8. The quantitative estimate of drug-likeness (QED) is 0.208. The van der Waals surface area contributed by atoms with Gasteiger partial charge in [0.15, 0.2) is 17.5 Å². The Morgan fingerprint density at radius 2 is 1.00 bits per heavy atom. The predicted molar refractivity (Wildman–Crippen MR) is 183 cm³/mol. The molecule has 206 valence electrons. The summed E-state index contributed by atoms with van der Waals surface area (Å²) in [6.07, 6.45) is 0. The zero-order valence-electron chi connectivity index (χ0n) is 23.6. The van der Waals surface area contributed by atoms with Crippen LogP contribution >= 0.6 is 11.3 Å². The number of thiophene rings is 1. The van der Waals surface area contributed by atoms with Gasteiger partial charge < -0.3 is 4.57 Å². The van der Waals surface area contributed by atoms with Crippen molar-refractivity contribution in [1.82, 2.24) is 19.5 Å². The standard InChI is InChI=1S/C39H24N4S/c1-3-12-25(13-4-1)37-40-38(26-14-5-2-6-15-26)42-39(41-37)27-16-11-17-28(24-27)43-31-20-9-7-18-29(31)35-32(43)22-23-34-36(35)30-19-8-10-21-33(30)44-34/h1-24H. The van der Waals surface area contributed by atoms with Gasteiger partial charge in [0, 0.05) is 53.3 Å². The van der Waals surface area contributed by atoms with Crippen molar-refractivity contribution in [3.05, 3.63) is 146 Å². The highest BCUT2D eigenvalue weighted by Crippen LogP contribution is 2.43. The van der Waals surface area contributed by atoms with Crippen LogP contribution in [0.2, 0.25) is 0 Å². The highest BCUT2D eigenvalue weighted by molar-refractivity contribution is 7.26. The van der Waals surface area contributed by atoms with E-state index in [9.17, 15) is 0 Å². The molecule has 9 rings (SSSR count). The van der Waals surface area contributed by atoms with Gasteiger partial charge in [-0.3, -0.25) is 0 Å². The molecule has 6 aromatic carbocycles. The monoisotopic (exact) mass is 580 g/mol. The fourth-order valence-electron chi connectivity index (χ4n) is 6.27. The van der Waals surface area contributed by atoms with Crippen LogP contribution in [0.25, 0.3) is 81.8 Å². The van der Waals surface area contributed by atoms with Crippen molar-refractivity contribution < 1.29 is 0 Å². The van der Waals surface area contributed by atoms with E-state index in [2.05, 4.69) is 89.5 Å². The van der Waals surface area contributed by atoms with Crippen LogP contribution in [-0.4, -0.2) is 19.5 Å². The van der Waals surface area contributed by atoms with Gasteiger partial charge in [-0.25, -0.2) is 15.0 Å². The molecule has 44 heavy (non-hydrogen) atoms. The normalized spacial score (nSPS) is 11.6. The zero-order chi connectivity index (χ0) is 29.0. The van der Waals surface area contributed by atoms with E-state index in [0.717, 1.165) is 22.4 Å². The first-order valence-electron chi connectivity index (χ1n) is 14.6. The molecule has 0 unspecified atom stereocenters. The molecular formula is C39H24N4S. The Morgan fingerprint density at radius 1 is 0.409 bits per heavy atom. The maximum atomic E-state index is 4.98. The lowest BCUT2D eigenvalue weighted by Crippen LogP contribution is -2.01. The van der Waals surface area contributed by atoms with E-state index in [4.69, 9.17) is 15.0 Å². The van der Waals surface area contributed by atoms with E-state index in [1.807, 2.05) is 72.0 Å². The van der Waals surface area contributed by atoms with Gasteiger partial charge in [-0.1, -0.05) is 109 Å². The molecule has 0 amide bonds. The summed E-state index contributed by atoms with van der Waals surface area (Å²) >= 11 is 1.86. The summed E-state index contributed by atoms with van der Waals surface area (Å²) < 4.78 is 4.99. The van der Waals surface area contributed by atoms with E-state index in [0.29, 0.717) is 17.5 Å². The average molecular weight is 581 g/mol. The summed E-state index contributed by atoms with van der Waals surface area (Å²) in [5, 5.41) is 5.17. The Kier molecular flexibility index (Phi) is 5.64. The second-order valence-electron chi connectivity index (χ2n) is 10.9. The maximum absolute atomic E-state index is 4.98. The molecule has 0 N–H and O–H groups in total. The molecule has 3 heterocycles. The minimum Gasteiger partial charge on any atom is -0.309 e. The molecule has 0 atom stereocenters. The van der Waals surface area contributed by atoms with Crippen molar-refractivity contribution in [2.45, 2.75) is 0 Å². The molecule has 0 aliphatic rings. The molecule has 0 spiro atoms. The highest BCUT2D eigenvalue weighted by Gasteiger charge is 2.18. The van der Waals surface area contributed by atoms with E-state index in [1.165, 1.54) is 42.0 Å². The highest BCUT2D eigenvalue weighted by atomic mass is 32.1. The molecule has 0 aliphatic heterocycles. The van der Waals surface area contributed by atoms with Gasteiger partial charge in [-0.2, -0.15) is 0 Å². The van der Waals surface area contributed by atoms with E-state index in [-0.39, 0.29) is 0 Å². The average Bonchev–Trinajstić information content (AvgIpc) is 3.64. The smallest absolute Gasteiger partial charge is 0.164 e. The first-order valence-corrected chi connectivity index (χ1v) is 15.4. The molecule has 5 heteroatoms. The van der Waals surface area contributed by atoms with Gasteiger partial charge in [-0.15, -0.1) is 11.3 Å². The third-order valence-corrected chi connectivity index (χ3v) is 9.37. The zero-order valence-corrected chi connectivity index (χ0v) is 24.4. The van der Waals surface area contributed by atoms with Crippen LogP contribution < -0.4 is 0 Å². The minimum atomic E-state index is 0.645. The molecule has 0 aliphatic carbocycles. The first kappa shape index (κ1) is 24.9. The van der Waals surface area contributed by atoms with Gasteiger partial charge >= 0.3 is 0 Å². The summed E-state index contributed by atoms with van der Waals surface area (Å²) in [6, 6.07) is 50.7. The summed E-state index contributed by atoms with van der Waals surface area (Å²) in [5.74, 6) is 1.96. The second-order valence-corrected chi connectivity index (χ2v) is 12.0. The molecule has 9 aromatic rings. The van der Waals surface area contributed by atoms with Crippen LogP contribution in [0, 0.1) is 0 Å². The van der Waals surface area contributed by atoms with Crippen molar-refractivity contribution >= 4 is 53.3 Å². The minimum absolute atomic E-state index is 0.645. The van der Waals surface area contributed by atoms with Crippen LogP contribution in [0.1, 0.15) is 0 Å². The molecule has 0 saturated heterocycles. The first-order chi connectivity index (χ1) is 21.8. The van der Waals surface area contributed by atoms with Gasteiger partial charge in [0.2, 0.25) is 0 Å². The maximum Gasteiger partial charge on any atom is 0.164 e. The van der Waals surface area contributed by atoms with Crippen LogP contribution in [-0.2, 0) is 0 Å². The largest absolute Gasteiger partial charge is 0.309 e.